The number of nitrogens with two attached hydrogens (primary N) is 1. The first kappa shape index (κ1) is 14.7. The van der Waals surface area contributed by atoms with Gasteiger partial charge in [0.2, 0.25) is 0 Å². The lowest BCUT2D eigenvalue weighted by Crippen LogP contribution is -2.23. The van der Waals surface area contributed by atoms with Crippen molar-refractivity contribution < 1.29 is 0 Å². The summed E-state index contributed by atoms with van der Waals surface area (Å²) in [5.74, 6) is 0. The summed E-state index contributed by atoms with van der Waals surface area (Å²) >= 11 is 5.28. The zero-order valence-corrected chi connectivity index (χ0v) is 13.5. The molecule has 0 saturated carbocycles. The van der Waals surface area contributed by atoms with Crippen molar-refractivity contribution >= 4 is 27.3 Å². The highest BCUT2D eigenvalue weighted by atomic mass is 79.9. The Kier molecular flexibility index (Phi) is 5.58. The molecule has 19 heavy (non-hydrogen) atoms. The van der Waals surface area contributed by atoms with Crippen LogP contribution in [-0.4, -0.2) is 18.5 Å². The average molecular weight is 339 g/mol. The van der Waals surface area contributed by atoms with Crippen molar-refractivity contribution in [1.82, 2.24) is 4.90 Å². The highest BCUT2D eigenvalue weighted by Crippen LogP contribution is 2.21. The van der Waals surface area contributed by atoms with Crippen molar-refractivity contribution in [2.75, 3.05) is 13.6 Å². The van der Waals surface area contributed by atoms with E-state index >= 15 is 0 Å². The monoisotopic (exact) mass is 338 g/mol. The van der Waals surface area contributed by atoms with E-state index in [-0.39, 0.29) is 6.04 Å². The standard InChI is InChI=1S/C15H19BrN2S/c1-18(10-14-9-13(16)11-19-14)8-7-15(17)12-5-3-2-4-6-12/h2-6,9,11,15H,7-8,10,17H2,1H3. The third kappa shape index (κ3) is 4.73. The van der Waals surface area contributed by atoms with Gasteiger partial charge in [0.15, 0.2) is 0 Å². The first-order chi connectivity index (χ1) is 9.15. The topological polar surface area (TPSA) is 29.3 Å². The molecule has 1 heterocycles. The van der Waals surface area contributed by atoms with Crippen molar-refractivity contribution in [3.8, 4) is 0 Å². The van der Waals surface area contributed by atoms with E-state index in [0.29, 0.717) is 0 Å². The fourth-order valence-electron chi connectivity index (χ4n) is 2.01. The van der Waals surface area contributed by atoms with Crippen molar-refractivity contribution in [2.45, 2.75) is 19.0 Å². The zero-order valence-electron chi connectivity index (χ0n) is 11.1. The molecular weight excluding hydrogens is 320 g/mol. The minimum atomic E-state index is 0.124. The fraction of sp³-hybridized carbons (Fsp3) is 0.333. The fourth-order valence-corrected chi connectivity index (χ4v) is 3.54. The van der Waals surface area contributed by atoms with Gasteiger partial charge in [-0.2, -0.15) is 0 Å². The summed E-state index contributed by atoms with van der Waals surface area (Å²) in [6.45, 7) is 1.99. The number of rotatable bonds is 6. The van der Waals surface area contributed by atoms with Crippen molar-refractivity contribution in [1.29, 1.82) is 0 Å². The van der Waals surface area contributed by atoms with E-state index < -0.39 is 0 Å². The van der Waals surface area contributed by atoms with Crippen LogP contribution in [-0.2, 0) is 6.54 Å². The lowest BCUT2D eigenvalue weighted by atomic mass is 10.0. The minimum Gasteiger partial charge on any atom is -0.324 e. The molecule has 2 rings (SSSR count). The third-order valence-corrected chi connectivity index (χ3v) is 4.78. The Morgan fingerprint density at radius 1 is 1.32 bits per heavy atom. The molecule has 2 aromatic rings. The Labute approximate surface area is 127 Å². The van der Waals surface area contributed by atoms with Gasteiger partial charge in [-0.15, -0.1) is 11.3 Å². The van der Waals surface area contributed by atoms with E-state index in [1.807, 2.05) is 18.2 Å². The molecule has 0 aliphatic rings. The largest absolute Gasteiger partial charge is 0.324 e. The molecule has 1 unspecified atom stereocenters. The van der Waals surface area contributed by atoms with Gasteiger partial charge in [-0.25, -0.2) is 0 Å². The molecule has 1 aromatic heterocycles. The Morgan fingerprint density at radius 3 is 2.68 bits per heavy atom. The molecule has 102 valence electrons. The van der Waals surface area contributed by atoms with E-state index in [2.05, 4.69) is 51.5 Å². The Bertz CT molecular complexity index is 498. The van der Waals surface area contributed by atoms with Crippen LogP contribution in [0.15, 0.2) is 46.3 Å². The lowest BCUT2D eigenvalue weighted by molar-refractivity contribution is 0.314. The van der Waals surface area contributed by atoms with E-state index in [1.54, 1.807) is 11.3 Å². The molecule has 2 N–H and O–H groups in total. The quantitative estimate of drug-likeness (QED) is 0.861. The van der Waals surface area contributed by atoms with Crippen LogP contribution in [0.5, 0.6) is 0 Å². The van der Waals surface area contributed by atoms with Crippen molar-refractivity contribution in [3.05, 3.63) is 56.7 Å². The summed E-state index contributed by atoms with van der Waals surface area (Å²) < 4.78 is 1.17. The van der Waals surface area contributed by atoms with Crippen LogP contribution in [0.1, 0.15) is 22.9 Å². The molecule has 2 nitrogen and oxygen atoms in total. The summed E-state index contributed by atoms with van der Waals surface area (Å²) in [5.41, 5.74) is 7.43. The number of hydrogen-bond donors (Lipinski definition) is 1. The van der Waals surface area contributed by atoms with Crippen LogP contribution in [0.4, 0.5) is 0 Å². The van der Waals surface area contributed by atoms with Gasteiger partial charge in [-0.3, -0.25) is 0 Å². The van der Waals surface area contributed by atoms with Crippen LogP contribution >= 0.6 is 27.3 Å². The lowest BCUT2D eigenvalue weighted by Gasteiger charge is -2.19. The van der Waals surface area contributed by atoms with Gasteiger partial charge < -0.3 is 10.6 Å². The predicted molar refractivity (Wildman–Crippen MR) is 86.3 cm³/mol. The zero-order chi connectivity index (χ0) is 13.7. The summed E-state index contributed by atoms with van der Waals surface area (Å²) in [5, 5.41) is 2.12. The maximum atomic E-state index is 6.21. The molecule has 0 bridgehead atoms. The molecule has 1 aromatic carbocycles. The second kappa shape index (κ2) is 7.20. The number of benzene rings is 1. The van der Waals surface area contributed by atoms with Crippen molar-refractivity contribution in [2.24, 2.45) is 5.73 Å². The molecule has 0 amide bonds. The van der Waals surface area contributed by atoms with E-state index in [4.69, 9.17) is 5.73 Å². The second-order valence-electron chi connectivity index (χ2n) is 4.77. The van der Waals surface area contributed by atoms with Gasteiger partial charge >= 0.3 is 0 Å². The molecule has 4 heteroatoms. The molecule has 0 fully saturated rings. The molecule has 0 spiro atoms. The predicted octanol–water partition coefficient (Wildman–Crippen LogP) is 4.03. The normalized spacial score (nSPS) is 12.8. The van der Waals surface area contributed by atoms with Crippen LogP contribution in [0.3, 0.4) is 0 Å². The van der Waals surface area contributed by atoms with Gasteiger partial charge in [0.05, 0.1) is 0 Å². The maximum Gasteiger partial charge on any atom is 0.0325 e. The first-order valence-electron chi connectivity index (χ1n) is 6.37. The highest BCUT2D eigenvalue weighted by Gasteiger charge is 2.08. The molecule has 0 radical (unpaired) electrons. The Morgan fingerprint density at radius 2 is 2.05 bits per heavy atom. The van der Waals surface area contributed by atoms with E-state index in [9.17, 15) is 0 Å². The Balaban J connectivity index is 1.79. The summed E-state index contributed by atoms with van der Waals surface area (Å²) in [4.78, 5) is 3.70. The molecule has 0 aliphatic heterocycles. The smallest absolute Gasteiger partial charge is 0.0325 e. The summed E-state index contributed by atoms with van der Waals surface area (Å²) in [6.07, 6.45) is 0.979. The average Bonchev–Trinajstić information content (AvgIpc) is 2.82. The number of halogens is 1. The van der Waals surface area contributed by atoms with E-state index in [0.717, 1.165) is 19.5 Å². The summed E-state index contributed by atoms with van der Waals surface area (Å²) in [7, 11) is 2.14. The van der Waals surface area contributed by atoms with E-state index in [1.165, 1.54) is 14.9 Å². The van der Waals surface area contributed by atoms with Crippen LogP contribution in [0.2, 0.25) is 0 Å². The third-order valence-electron chi connectivity index (χ3n) is 3.10. The first-order valence-corrected chi connectivity index (χ1v) is 8.04. The van der Waals surface area contributed by atoms with Gasteiger partial charge in [-0.1, -0.05) is 30.3 Å². The van der Waals surface area contributed by atoms with Crippen LogP contribution < -0.4 is 5.73 Å². The maximum absolute atomic E-state index is 6.21. The molecule has 1 atom stereocenters. The van der Waals surface area contributed by atoms with Gasteiger partial charge in [0, 0.05) is 33.9 Å². The molecular formula is C15H19BrN2S. The number of hydrogen-bond acceptors (Lipinski definition) is 3. The number of thiophene rings is 1. The van der Waals surface area contributed by atoms with Crippen LogP contribution in [0.25, 0.3) is 0 Å². The Hall–Kier alpha value is -0.680. The number of nitrogens with zero attached hydrogens (tertiary/aromatic N) is 1. The minimum absolute atomic E-state index is 0.124. The van der Waals surface area contributed by atoms with Gasteiger partial charge in [0.25, 0.3) is 0 Å². The second-order valence-corrected chi connectivity index (χ2v) is 6.69. The van der Waals surface area contributed by atoms with Crippen LogP contribution in [0, 0.1) is 0 Å². The summed E-state index contributed by atoms with van der Waals surface area (Å²) in [6, 6.07) is 12.6. The van der Waals surface area contributed by atoms with Gasteiger partial charge in [0.1, 0.15) is 0 Å². The molecule has 0 saturated heterocycles. The van der Waals surface area contributed by atoms with Gasteiger partial charge in [-0.05, 0) is 41.0 Å². The molecule has 0 aliphatic carbocycles. The highest BCUT2D eigenvalue weighted by molar-refractivity contribution is 9.10. The van der Waals surface area contributed by atoms with Crippen molar-refractivity contribution in [3.63, 3.8) is 0 Å². The SMILES string of the molecule is CN(CCC(N)c1ccccc1)Cc1cc(Br)cs1.